The van der Waals surface area contributed by atoms with Crippen molar-refractivity contribution < 1.29 is 5.11 Å². The Bertz CT molecular complexity index is 370. The lowest BCUT2D eigenvalue weighted by Gasteiger charge is -2.41. The molecule has 0 saturated heterocycles. The average molecular weight is 203 g/mol. The van der Waals surface area contributed by atoms with Gasteiger partial charge in [0.15, 0.2) is 0 Å². The molecule has 1 aromatic rings. The first kappa shape index (κ1) is 9.94. The van der Waals surface area contributed by atoms with Crippen molar-refractivity contribution >= 4 is 5.69 Å². The van der Waals surface area contributed by atoms with E-state index in [0.29, 0.717) is 5.69 Å². The van der Waals surface area contributed by atoms with Crippen molar-refractivity contribution in [2.24, 2.45) is 0 Å². The first-order chi connectivity index (χ1) is 7.28. The van der Waals surface area contributed by atoms with Crippen molar-refractivity contribution in [1.82, 2.24) is 4.98 Å². The van der Waals surface area contributed by atoms with Crippen LogP contribution >= 0.6 is 0 Å². The Labute approximate surface area is 88.6 Å². The normalized spacial score (nSPS) is 17.6. The van der Waals surface area contributed by atoms with E-state index in [9.17, 15) is 5.11 Å². The molecular weight excluding hydrogens is 190 g/mol. The Morgan fingerprint density at radius 2 is 2.33 bits per heavy atom. The number of anilines is 1. The number of aliphatic hydroxyl groups excluding tert-OH is 1. The van der Waals surface area contributed by atoms with E-state index in [4.69, 9.17) is 5.26 Å². The molecule has 1 saturated carbocycles. The fraction of sp³-hybridized carbons (Fsp3) is 0.455. The summed E-state index contributed by atoms with van der Waals surface area (Å²) in [5.74, 6) is 0. The van der Waals surface area contributed by atoms with E-state index in [1.807, 2.05) is 12.1 Å². The zero-order valence-corrected chi connectivity index (χ0v) is 8.40. The maximum absolute atomic E-state index is 9.26. The van der Waals surface area contributed by atoms with E-state index < -0.39 is 0 Å². The highest BCUT2D eigenvalue weighted by Gasteiger charge is 2.36. The smallest absolute Gasteiger partial charge is 0.140 e. The quantitative estimate of drug-likeness (QED) is 0.776. The summed E-state index contributed by atoms with van der Waals surface area (Å²) in [5, 5.41) is 21.1. The van der Waals surface area contributed by atoms with Gasteiger partial charge >= 0.3 is 0 Å². The largest absolute Gasteiger partial charge is 0.394 e. The molecule has 2 rings (SSSR count). The van der Waals surface area contributed by atoms with E-state index in [-0.39, 0.29) is 12.1 Å². The van der Waals surface area contributed by atoms with Gasteiger partial charge in [-0.1, -0.05) is 0 Å². The van der Waals surface area contributed by atoms with Gasteiger partial charge < -0.3 is 10.4 Å². The first-order valence-electron chi connectivity index (χ1n) is 5.03. The van der Waals surface area contributed by atoms with E-state index in [1.165, 1.54) is 0 Å². The van der Waals surface area contributed by atoms with Gasteiger partial charge in [-0.2, -0.15) is 5.26 Å². The first-order valence-corrected chi connectivity index (χ1v) is 5.03. The van der Waals surface area contributed by atoms with Gasteiger partial charge in [0.2, 0.25) is 0 Å². The van der Waals surface area contributed by atoms with E-state index in [1.54, 1.807) is 12.3 Å². The van der Waals surface area contributed by atoms with Crippen LogP contribution in [0.3, 0.4) is 0 Å². The summed E-state index contributed by atoms with van der Waals surface area (Å²) in [4.78, 5) is 3.97. The molecule has 0 amide bonds. The number of hydrogen-bond donors (Lipinski definition) is 2. The molecule has 78 valence electrons. The molecule has 0 atom stereocenters. The molecule has 4 nitrogen and oxygen atoms in total. The third kappa shape index (κ3) is 1.92. The van der Waals surface area contributed by atoms with Gasteiger partial charge in [0.1, 0.15) is 11.8 Å². The lowest BCUT2D eigenvalue weighted by atomic mass is 9.77. The van der Waals surface area contributed by atoms with Crippen LogP contribution in [0.25, 0.3) is 0 Å². The Morgan fingerprint density at radius 1 is 1.53 bits per heavy atom. The number of aromatic nitrogens is 1. The predicted octanol–water partition coefficient (Wildman–Crippen LogP) is 1.28. The van der Waals surface area contributed by atoms with Crippen LogP contribution in [-0.4, -0.2) is 22.2 Å². The zero-order chi connectivity index (χ0) is 10.7. The number of pyridine rings is 1. The highest BCUT2D eigenvalue weighted by Crippen LogP contribution is 2.34. The topological polar surface area (TPSA) is 68.9 Å². The highest BCUT2D eigenvalue weighted by molar-refractivity contribution is 5.45. The van der Waals surface area contributed by atoms with Crippen molar-refractivity contribution in [1.29, 1.82) is 5.26 Å². The van der Waals surface area contributed by atoms with Crippen LogP contribution in [0, 0.1) is 11.3 Å². The number of nitriles is 1. The van der Waals surface area contributed by atoms with Crippen LogP contribution in [-0.2, 0) is 0 Å². The van der Waals surface area contributed by atoms with Crippen molar-refractivity contribution in [2.45, 2.75) is 24.8 Å². The molecule has 0 radical (unpaired) electrons. The fourth-order valence-electron chi connectivity index (χ4n) is 1.77. The van der Waals surface area contributed by atoms with Crippen molar-refractivity contribution in [3.8, 4) is 6.07 Å². The second-order valence-corrected chi connectivity index (χ2v) is 3.96. The number of nitrogens with one attached hydrogen (secondary N) is 1. The zero-order valence-electron chi connectivity index (χ0n) is 8.40. The summed E-state index contributed by atoms with van der Waals surface area (Å²) >= 11 is 0. The van der Waals surface area contributed by atoms with Crippen molar-refractivity contribution in [3.05, 3.63) is 24.0 Å². The van der Waals surface area contributed by atoms with Gasteiger partial charge in [-0.3, -0.25) is 0 Å². The summed E-state index contributed by atoms with van der Waals surface area (Å²) in [6.07, 6.45) is 4.76. The molecule has 4 heteroatoms. The van der Waals surface area contributed by atoms with Gasteiger partial charge in [0.05, 0.1) is 24.0 Å². The summed E-state index contributed by atoms with van der Waals surface area (Å²) in [5.41, 5.74) is 1.12. The third-order valence-corrected chi connectivity index (χ3v) is 2.90. The second kappa shape index (κ2) is 3.87. The minimum absolute atomic E-state index is 0.146. The standard InChI is InChI=1S/C11H13N3O/c12-6-9-2-3-10(7-13-9)14-11(8-15)4-1-5-11/h2-3,7,14-15H,1,4-5,8H2. The van der Waals surface area contributed by atoms with E-state index >= 15 is 0 Å². The molecular formula is C11H13N3O. The molecule has 0 bridgehead atoms. The van der Waals surface area contributed by atoms with E-state index in [2.05, 4.69) is 10.3 Å². The van der Waals surface area contributed by atoms with Gasteiger partial charge in [-0.25, -0.2) is 4.98 Å². The Balaban J connectivity index is 2.08. The number of hydrogen-bond acceptors (Lipinski definition) is 4. The third-order valence-electron chi connectivity index (χ3n) is 2.90. The second-order valence-electron chi connectivity index (χ2n) is 3.96. The molecule has 0 aromatic carbocycles. The predicted molar refractivity (Wildman–Crippen MR) is 56.2 cm³/mol. The lowest BCUT2D eigenvalue weighted by Crippen LogP contribution is -2.48. The van der Waals surface area contributed by atoms with Crippen LogP contribution in [0.4, 0.5) is 5.69 Å². The molecule has 2 N–H and O–H groups in total. The molecule has 0 spiro atoms. The summed E-state index contributed by atoms with van der Waals surface area (Å²) in [6.45, 7) is 0.146. The Morgan fingerprint density at radius 3 is 2.73 bits per heavy atom. The highest BCUT2D eigenvalue weighted by atomic mass is 16.3. The fourth-order valence-corrected chi connectivity index (χ4v) is 1.77. The van der Waals surface area contributed by atoms with Crippen LogP contribution in [0.1, 0.15) is 25.0 Å². The van der Waals surface area contributed by atoms with Crippen LogP contribution in [0.15, 0.2) is 18.3 Å². The minimum Gasteiger partial charge on any atom is -0.394 e. The summed E-state index contributed by atoms with van der Waals surface area (Å²) in [7, 11) is 0. The molecule has 1 aliphatic rings. The van der Waals surface area contributed by atoms with Crippen molar-refractivity contribution in [3.63, 3.8) is 0 Å². The molecule has 1 aliphatic carbocycles. The van der Waals surface area contributed by atoms with Gasteiger partial charge in [-0.05, 0) is 31.4 Å². The summed E-state index contributed by atoms with van der Waals surface area (Å²) < 4.78 is 0. The summed E-state index contributed by atoms with van der Waals surface area (Å²) in [6, 6.07) is 5.46. The minimum atomic E-state index is -0.157. The SMILES string of the molecule is N#Cc1ccc(NC2(CO)CCC2)cn1. The average Bonchev–Trinajstić information content (AvgIpc) is 2.24. The number of aliphatic hydroxyl groups is 1. The van der Waals surface area contributed by atoms with Crippen LogP contribution < -0.4 is 5.32 Å². The molecule has 0 aliphatic heterocycles. The van der Waals surface area contributed by atoms with Crippen LogP contribution in [0.5, 0.6) is 0 Å². The molecule has 1 aromatic heterocycles. The monoisotopic (exact) mass is 203 g/mol. The van der Waals surface area contributed by atoms with Gasteiger partial charge in [0.25, 0.3) is 0 Å². The molecule has 1 heterocycles. The Hall–Kier alpha value is -1.60. The lowest BCUT2D eigenvalue weighted by molar-refractivity contribution is 0.144. The number of rotatable bonds is 3. The van der Waals surface area contributed by atoms with E-state index in [0.717, 1.165) is 24.9 Å². The van der Waals surface area contributed by atoms with Gasteiger partial charge in [-0.15, -0.1) is 0 Å². The molecule has 1 fully saturated rings. The molecule has 0 unspecified atom stereocenters. The Kier molecular flexibility index (Phi) is 2.57. The maximum Gasteiger partial charge on any atom is 0.140 e. The molecule has 15 heavy (non-hydrogen) atoms. The van der Waals surface area contributed by atoms with Crippen LogP contribution in [0.2, 0.25) is 0 Å². The van der Waals surface area contributed by atoms with Crippen molar-refractivity contribution in [2.75, 3.05) is 11.9 Å². The number of nitrogens with zero attached hydrogens (tertiary/aromatic N) is 2. The van der Waals surface area contributed by atoms with Gasteiger partial charge in [0, 0.05) is 0 Å². The maximum atomic E-state index is 9.26.